The molecule has 2 rings (SSSR count). The predicted octanol–water partition coefficient (Wildman–Crippen LogP) is 1.56. The van der Waals surface area contributed by atoms with Gasteiger partial charge in [-0.25, -0.2) is 0 Å². The van der Waals surface area contributed by atoms with Crippen LogP contribution in [0.15, 0.2) is 4.47 Å². The van der Waals surface area contributed by atoms with E-state index in [1.165, 1.54) is 6.92 Å². The van der Waals surface area contributed by atoms with Gasteiger partial charge in [0.15, 0.2) is 0 Å². The number of carbonyl (C=O) groups is 2. The van der Waals surface area contributed by atoms with E-state index in [2.05, 4.69) is 21.0 Å². The Hall–Kier alpha value is -1.17. The topological polar surface area (TPSA) is 61.2 Å². The first kappa shape index (κ1) is 13.3. The summed E-state index contributed by atoms with van der Waals surface area (Å²) in [6.45, 7) is 3.64. The summed E-state index contributed by atoms with van der Waals surface area (Å²) >= 11 is 3.45. The lowest BCUT2D eigenvalue weighted by atomic mass is 9.78. The maximum Gasteiger partial charge on any atom is 0.320 e. The van der Waals surface area contributed by atoms with Gasteiger partial charge >= 0.3 is 5.97 Å². The highest BCUT2D eigenvalue weighted by Gasteiger charge is 2.49. The molecule has 0 spiro atoms. The molecule has 1 fully saturated rings. The molecule has 1 unspecified atom stereocenters. The molecule has 6 heteroatoms. The molecule has 98 valence electrons. The first-order chi connectivity index (χ1) is 8.38. The fraction of sp³-hybridized carbons (Fsp3) is 0.583. The molecule has 1 saturated heterocycles. The molecule has 1 atom stereocenters. The Kier molecular flexibility index (Phi) is 3.31. The van der Waals surface area contributed by atoms with Gasteiger partial charge in [-0.15, -0.1) is 0 Å². The fourth-order valence-electron chi connectivity index (χ4n) is 2.32. The molecule has 0 amide bonds. The quantitative estimate of drug-likeness (QED) is 0.627. The molecule has 0 aromatic carbocycles. The number of nitrogens with zero attached hydrogens (tertiary/aromatic N) is 2. The second kappa shape index (κ2) is 4.50. The minimum Gasteiger partial charge on any atom is -0.465 e. The number of hydrogen-bond acceptors (Lipinski definition) is 4. The van der Waals surface area contributed by atoms with E-state index in [1.54, 1.807) is 11.7 Å². The fourth-order valence-corrected chi connectivity index (χ4v) is 2.80. The third-order valence-corrected chi connectivity index (χ3v) is 4.59. The zero-order valence-corrected chi connectivity index (χ0v) is 12.2. The molecule has 5 nitrogen and oxygen atoms in total. The third-order valence-electron chi connectivity index (χ3n) is 3.56. The maximum atomic E-state index is 11.9. The molecular formula is C12H15BrN2O3. The Labute approximate surface area is 114 Å². The smallest absolute Gasteiger partial charge is 0.320 e. The number of carbonyl (C=O) groups excluding carboxylic acids is 2. The van der Waals surface area contributed by atoms with E-state index < -0.39 is 11.4 Å². The minimum absolute atomic E-state index is 0.143. The van der Waals surface area contributed by atoms with Gasteiger partial charge in [0.1, 0.15) is 11.2 Å². The van der Waals surface area contributed by atoms with Crippen LogP contribution in [0.25, 0.3) is 0 Å². The van der Waals surface area contributed by atoms with Gasteiger partial charge in [0.2, 0.25) is 0 Å². The number of halogens is 1. The number of Topliss-reactive ketones (excluding diaryl/α,β-unsaturated/α-hetero) is 1. The van der Waals surface area contributed by atoms with Crippen molar-refractivity contribution in [2.75, 3.05) is 6.61 Å². The van der Waals surface area contributed by atoms with E-state index in [9.17, 15) is 9.59 Å². The van der Waals surface area contributed by atoms with Gasteiger partial charge in [0, 0.05) is 19.9 Å². The van der Waals surface area contributed by atoms with Crippen LogP contribution in [0.4, 0.5) is 0 Å². The van der Waals surface area contributed by atoms with Gasteiger partial charge in [0.05, 0.1) is 22.5 Å². The SMILES string of the molecule is CC(=O)C1(Cc2c(Br)c(C)nn2C)CCOC1=O. The van der Waals surface area contributed by atoms with Gasteiger partial charge in [-0.05, 0) is 29.8 Å². The highest BCUT2D eigenvalue weighted by molar-refractivity contribution is 9.10. The summed E-state index contributed by atoms with van der Waals surface area (Å²) in [7, 11) is 1.81. The van der Waals surface area contributed by atoms with Crippen LogP contribution in [0.1, 0.15) is 24.7 Å². The Morgan fingerprint density at radius 2 is 2.28 bits per heavy atom. The maximum absolute atomic E-state index is 11.9. The van der Waals surface area contributed by atoms with E-state index in [0.29, 0.717) is 19.4 Å². The second-order valence-electron chi connectivity index (χ2n) is 4.67. The summed E-state index contributed by atoms with van der Waals surface area (Å²) in [5.74, 6) is -0.559. The lowest BCUT2D eigenvalue weighted by molar-refractivity contribution is -0.150. The summed E-state index contributed by atoms with van der Waals surface area (Å²) in [5, 5.41) is 4.27. The average molecular weight is 315 g/mol. The lowest BCUT2D eigenvalue weighted by Gasteiger charge is -2.21. The van der Waals surface area contributed by atoms with Crippen LogP contribution in [-0.2, 0) is 27.8 Å². The second-order valence-corrected chi connectivity index (χ2v) is 5.46. The Bertz CT molecular complexity index is 524. The Balaban J connectivity index is 2.42. The highest BCUT2D eigenvalue weighted by atomic mass is 79.9. The van der Waals surface area contributed by atoms with Crippen LogP contribution in [0, 0.1) is 12.3 Å². The van der Waals surface area contributed by atoms with Crippen molar-refractivity contribution in [2.45, 2.75) is 26.7 Å². The summed E-state index contributed by atoms with van der Waals surface area (Å²) in [6.07, 6.45) is 0.775. The van der Waals surface area contributed by atoms with E-state index in [1.807, 2.05) is 6.92 Å². The van der Waals surface area contributed by atoms with Crippen LogP contribution >= 0.6 is 15.9 Å². The number of hydrogen-bond donors (Lipinski definition) is 0. The van der Waals surface area contributed by atoms with Crippen LogP contribution in [0.2, 0.25) is 0 Å². The molecule has 1 aromatic rings. The molecule has 0 aliphatic carbocycles. The summed E-state index contributed by atoms with van der Waals surface area (Å²) in [5.41, 5.74) is 0.655. The molecule has 1 aliphatic heterocycles. The standard InChI is InChI=1S/C12H15BrN2O3/c1-7-10(13)9(15(3)14-7)6-12(8(2)16)4-5-18-11(12)17/h4-6H2,1-3H3. The normalized spacial score (nSPS) is 23.2. The molecule has 1 aromatic heterocycles. The van der Waals surface area contributed by atoms with Crippen LogP contribution < -0.4 is 0 Å². The van der Waals surface area contributed by atoms with Crippen molar-refractivity contribution < 1.29 is 14.3 Å². The molecule has 18 heavy (non-hydrogen) atoms. The monoisotopic (exact) mass is 314 g/mol. The Morgan fingerprint density at radius 3 is 2.67 bits per heavy atom. The molecule has 1 aliphatic rings. The van der Waals surface area contributed by atoms with Crippen molar-refractivity contribution >= 4 is 27.7 Å². The lowest BCUT2D eigenvalue weighted by Crippen LogP contribution is -2.37. The van der Waals surface area contributed by atoms with Gasteiger partial charge in [0.25, 0.3) is 0 Å². The highest BCUT2D eigenvalue weighted by Crippen LogP contribution is 2.37. The molecule has 0 N–H and O–H groups in total. The average Bonchev–Trinajstić information content (AvgIpc) is 2.76. The molecular weight excluding hydrogens is 300 g/mol. The molecule has 0 bridgehead atoms. The molecule has 2 heterocycles. The van der Waals surface area contributed by atoms with E-state index in [-0.39, 0.29) is 5.78 Å². The van der Waals surface area contributed by atoms with E-state index in [4.69, 9.17) is 4.74 Å². The number of aromatic nitrogens is 2. The number of aryl methyl sites for hydroxylation is 2. The van der Waals surface area contributed by atoms with E-state index in [0.717, 1.165) is 15.9 Å². The van der Waals surface area contributed by atoms with Gasteiger partial charge in [-0.2, -0.15) is 5.10 Å². The van der Waals surface area contributed by atoms with Crippen LogP contribution in [0.3, 0.4) is 0 Å². The first-order valence-electron chi connectivity index (χ1n) is 5.75. The Morgan fingerprint density at radius 1 is 1.61 bits per heavy atom. The number of cyclic esters (lactones) is 1. The van der Waals surface area contributed by atoms with Crippen LogP contribution in [-0.4, -0.2) is 28.1 Å². The van der Waals surface area contributed by atoms with E-state index >= 15 is 0 Å². The number of esters is 1. The summed E-state index contributed by atoms with van der Waals surface area (Å²) < 4.78 is 7.54. The van der Waals surface area contributed by atoms with Crippen molar-refractivity contribution in [1.82, 2.24) is 9.78 Å². The third kappa shape index (κ3) is 1.88. The molecule has 0 saturated carbocycles. The number of ketones is 1. The van der Waals surface area contributed by atoms with Crippen molar-refractivity contribution in [3.63, 3.8) is 0 Å². The predicted molar refractivity (Wildman–Crippen MR) is 68.0 cm³/mol. The van der Waals surface area contributed by atoms with Gasteiger partial charge < -0.3 is 4.74 Å². The van der Waals surface area contributed by atoms with Gasteiger partial charge in [-0.3, -0.25) is 14.3 Å². The minimum atomic E-state index is -1.04. The summed E-state index contributed by atoms with van der Waals surface area (Å²) in [6, 6.07) is 0. The van der Waals surface area contributed by atoms with Crippen molar-refractivity contribution in [1.29, 1.82) is 0 Å². The zero-order valence-electron chi connectivity index (χ0n) is 10.6. The van der Waals surface area contributed by atoms with Gasteiger partial charge in [-0.1, -0.05) is 0 Å². The molecule has 0 radical (unpaired) electrons. The zero-order chi connectivity index (χ0) is 13.5. The first-order valence-corrected chi connectivity index (χ1v) is 6.54. The van der Waals surface area contributed by atoms with Crippen molar-refractivity contribution in [3.8, 4) is 0 Å². The number of ether oxygens (including phenoxy) is 1. The number of rotatable bonds is 3. The largest absolute Gasteiger partial charge is 0.465 e. The van der Waals surface area contributed by atoms with Crippen LogP contribution in [0.5, 0.6) is 0 Å². The van der Waals surface area contributed by atoms with Crippen molar-refractivity contribution in [3.05, 3.63) is 15.9 Å². The summed E-state index contributed by atoms with van der Waals surface area (Å²) in [4.78, 5) is 23.7. The van der Waals surface area contributed by atoms with Crippen molar-refractivity contribution in [2.24, 2.45) is 12.5 Å².